The third kappa shape index (κ3) is 5.77. The van der Waals surface area contributed by atoms with Crippen LogP contribution in [-0.4, -0.2) is 66.5 Å². The quantitative estimate of drug-likeness (QED) is 0.731. The van der Waals surface area contributed by atoms with Gasteiger partial charge < -0.3 is 15.1 Å². The van der Waals surface area contributed by atoms with Crippen LogP contribution in [0.25, 0.3) is 0 Å². The number of urea groups is 1. The number of rotatable bonds is 7. The van der Waals surface area contributed by atoms with E-state index in [4.69, 9.17) is 0 Å². The Labute approximate surface area is 132 Å². The number of hydrogen-bond donors (Lipinski definition) is 1. The van der Waals surface area contributed by atoms with Gasteiger partial charge in [0.1, 0.15) is 0 Å². The van der Waals surface area contributed by atoms with E-state index >= 15 is 0 Å². The Kier molecular flexibility index (Phi) is 8.57. The first-order valence-electron chi connectivity index (χ1n) is 7.94. The number of likely N-dealkylation sites (tertiary alicyclic amines) is 1. The molecule has 1 fully saturated rings. The fourth-order valence-corrected chi connectivity index (χ4v) is 3.11. The van der Waals surface area contributed by atoms with Gasteiger partial charge in [0.25, 0.3) is 0 Å². The number of nitrogens with zero attached hydrogens (tertiary/aromatic N) is 2. The highest BCUT2D eigenvalue weighted by Crippen LogP contribution is 2.19. The highest BCUT2D eigenvalue weighted by atomic mass is 32.2. The van der Waals surface area contributed by atoms with Gasteiger partial charge in [-0.05, 0) is 45.1 Å². The molecule has 0 aromatic heterocycles. The Morgan fingerprint density at radius 2 is 2.05 bits per heavy atom. The fourth-order valence-electron chi connectivity index (χ4n) is 2.68. The van der Waals surface area contributed by atoms with Crippen molar-refractivity contribution in [1.82, 2.24) is 15.1 Å². The van der Waals surface area contributed by atoms with Gasteiger partial charge in [0.15, 0.2) is 0 Å². The van der Waals surface area contributed by atoms with E-state index in [1.54, 1.807) is 16.7 Å². The Morgan fingerprint density at radius 1 is 1.33 bits per heavy atom. The highest BCUT2D eigenvalue weighted by molar-refractivity contribution is 7.98. The summed E-state index contributed by atoms with van der Waals surface area (Å²) in [5, 5.41) is 2.95. The summed E-state index contributed by atoms with van der Waals surface area (Å²) < 4.78 is 0. The number of carbonyl (C=O) groups excluding carboxylic acids is 2. The van der Waals surface area contributed by atoms with Crippen LogP contribution >= 0.6 is 11.8 Å². The van der Waals surface area contributed by atoms with E-state index in [1.165, 1.54) is 0 Å². The van der Waals surface area contributed by atoms with Gasteiger partial charge in [-0.1, -0.05) is 0 Å². The summed E-state index contributed by atoms with van der Waals surface area (Å²) in [5.41, 5.74) is 0. The number of carbonyl (C=O) groups is 2. The van der Waals surface area contributed by atoms with E-state index in [2.05, 4.69) is 11.6 Å². The molecule has 21 heavy (non-hydrogen) atoms. The molecule has 0 bridgehead atoms. The third-order valence-electron chi connectivity index (χ3n) is 3.93. The van der Waals surface area contributed by atoms with E-state index in [-0.39, 0.29) is 17.9 Å². The Morgan fingerprint density at radius 3 is 2.67 bits per heavy atom. The molecule has 0 aliphatic carbocycles. The van der Waals surface area contributed by atoms with E-state index in [0.29, 0.717) is 13.1 Å². The summed E-state index contributed by atoms with van der Waals surface area (Å²) in [6, 6.07) is -0.0202. The molecule has 0 saturated carbocycles. The van der Waals surface area contributed by atoms with Crippen LogP contribution in [0, 0.1) is 5.92 Å². The van der Waals surface area contributed by atoms with Gasteiger partial charge in [-0.3, -0.25) is 4.79 Å². The molecule has 3 amide bonds. The Hall–Kier alpha value is -0.910. The van der Waals surface area contributed by atoms with Gasteiger partial charge in [0.2, 0.25) is 5.91 Å². The maximum Gasteiger partial charge on any atom is 0.317 e. The largest absolute Gasteiger partial charge is 0.343 e. The molecule has 122 valence electrons. The van der Waals surface area contributed by atoms with Crippen molar-refractivity contribution in [2.24, 2.45) is 5.92 Å². The second-order valence-electron chi connectivity index (χ2n) is 5.37. The van der Waals surface area contributed by atoms with Crippen LogP contribution in [0.3, 0.4) is 0 Å². The summed E-state index contributed by atoms with van der Waals surface area (Å²) in [4.78, 5) is 28.2. The average Bonchev–Trinajstić information content (AvgIpc) is 2.52. The molecule has 6 heteroatoms. The lowest BCUT2D eigenvalue weighted by Gasteiger charge is -2.34. The zero-order chi connectivity index (χ0) is 15.7. The molecule has 1 unspecified atom stereocenters. The van der Waals surface area contributed by atoms with Crippen LogP contribution in [0.2, 0.25) is 0 Å². The molecule has 1 N–H and O–H groups in total. The third-order valence-corrected chi connectivity index (χ3v) is 4.63. The van der Waals surface area contributed by atoms with Crippen molar-refractivity contribution in [3.63, 3.8) is 0 Å². The maximum absolute atomic E-state index is 12.4. The molecular formula is C15H29N3O2S. The van der Waals surface area contributed by atoms with Gasteiger partial charge in [-0.25, -0.2) is 4.79 Å². The van der Waals surface area contributed by atoms with Crippen molar-refractivity contribution in [3.05, 3.63) is 0 Å². The molecule has 1 rings (SSSR count). The predicted molar refractivity (Wildman–Crippen MR) is 88.6 cm³/mol. The first kappa shape index (κ1) is 18.1. The second kappa shape index (κ2) is 9.92. The van der Waals surface area contributed by atoms with Crippen LogP contribution in [0.4, 0.5) is 4.79 Å². The van der Waals surface area contributed by atoms with Crippen molar-refractivity contribution in [2.75, 3.05) is 44.7 Å². The first-order valence-corrected chi connectivity index (χ1v) is 9.33. The molecule has 0 spiro atoms. The highest BCUT2D eigenvalue weighted by Gasteiger charge is 2.30. The van der Waals surface area contributed by atoms with Crippen LogP contribution in [0.15, 0.2) is 0 Å². The summed E-state index contributed by atoms with van der Waals surface area (Å²) in [6.07, 6.45) is 4.86. The molecule has 0 aromatic carbocycles. The van der Waals surface area contributed by atoms with Crippen molar-refractivity contribution in [2.45, 2.75) is 33.1 Å². The number of hydrogen-bond acceptors (Lipinski definition) is 3. The first-order chi connectivity index (χ1) is 10.1. The minimum atomic E-state index is -0.0319. The standard InChI is InChI=1S/C15H29N3O2S/c1-4-17(5-2)14(19)13-8-6-10-18(12-13)15(20)16-9-7-11-21-3/h13H,4-12H2,1-3H3,(H,16,20). The normalized spacial score (nSPS) is 18.4. The Bertz CT molecular complexity index is 335. The lowest BCUT2D eigenvalue weighted by molar-refractivity contribution is -0.136. The van der Waals surface area contributed by atoms with Crippen molar-refractivity contribution >= 4 is 23.7 Å². The van der Waals surface area contributed by atoms with Gasteiger partial charge in [0, 0.05) is 32.7 Å². The smallest absolute Gasteiger partial charge is 0.317 e. The van der Waals surface area contributed by atoms with Crippen LogP contribution in [-0.2, 0) is 4.79 Å². The summed E-state index contributed by atoms with van der Waals surface area (Å²) in [5.74, 6) is 1.22. The van der Waals surface area contributed by atoms with E-state index in [0.717, 1.165) is 44.6 Å². The molecule has 0 aromatic rings. The lowest BCUT2D eigenvalue weighted by Crippen LogP contribution is -2.49. The fraction of sp³-hybridized carbons (Fsp3) is 0.867. The summed E-state index contributed by atoms with van der Waals surface area (Å²) in [7, 11) is 0. The molecule has 0 radical (unpaired) electrons. The van der Waals surface area contributed by atoms with Gasteiger partial charge in [-0.15, -0.1) is 0 Å². The molecule has 1 atom stereocenters. The second-order valence-corrected chi connectivity index (χ2v) is 6.36. The lowest BCUT2D eigenvalue weighted by atomic mass is 9.96. The van der Waals surface area contributed by atoms with Gasteiger partial charge >= 0.3 is 6.03 Å². The average molecular weight is 315 g/mol. The topological polar surface area (TPSA) is 52.7 Å². The molecule has 1 aliphatic rings. The van der Waals surface area contributed by atoms with E-state index < -0.39 is 0 Å². The van der Waals surface area contributed by atoms with Crippen molar-refractivity contribution in [1.29, 1.82) is 0 Å². The summed E-state index contributed by atoms with van der Waals surface area (Å²) >= 11 is 1.79. The molecule has 5 nitrogen and oxygen atoms in total. The number of thioether (sulfide) groups is 1. The van der Waals surface area contributed by atoms with Crippen LogP contribution in [0.1, 0.15) is 33.1 Å². The van der Waals surface area contributed by atoms with Crippen molar-refractivity contribution < 1.29 is 9.59 Å². The van der Waals surface area contributed by atoms with Crippen LogP contribution < -0.4 is 5.32 Å². The minimum absolute atomic E-state index is 0.0202. The molecule has 1 aliphatic heterocycles. The predicted octanol–water partition coefficient (Wildman–Crippen LogP) is 2.03. The number of nitrogens with one attached hydrogen (secondary N) is 1. The SMILES string of the molecule is CCN(CC)C(=O)C1CCCN(C(=O)NCCCSC)C1. The van der Waals surface area contributed by atoms with E-state index in [1.807, 2.05) is 18.7 Å². The summed E-state index contributed by atoms with van der Waals surface area (Å²) in [6.45, 7) is 7.52. The van der Waals surface area contributed by atoms with Gasteiger partial charge in [0.05, 0.1) is 5.92 Å². The number of amides is 3. The van der Waals surface area contributed by atoms with E-state index in [9.17, 15) is 9.59 Å². The molecule has 1 saturated heterocycles. The maximum atomic E-state index is 12.4. The Balaban J connectivity index is 2.44. The zero-order valence-corrected chi connectivity index (χ0v) is 14.4. The minimum Gasteiger partial charge on any atom is -0.343 e. The molecule has 1 heterocycles. The number of piperidine rings is 1. The van der Waals surface area contributed by atoms with Crippen LogP contribution in [0.5, 0.6) is 0 Å². The molecular weight excluding hydrogens is 286 g/mol. The van der Waals surface area contributed by atoms with Gasteiger partial charge in [-0.2, -0.15) is 11.8 Å². The zero-order valence-electron chi connectivity index (χ0n) is 13.6. The monoisotopic (exact) mass is 315 g/mol. The van der Waals surface area contributed by atoms with Crippen molar-refractivity contribution in [3.8, 4) is 0 Å².